The van der Waals surface area contributed by atoms with E-state index in [4.69, 9.17) is 0 Å². The molecule has 0 bridgehead atoms. The average Bonchev–Trinajstić information content (AvgIpc) is 2.39. The number of rotatable bonds is 3. The fourth-order valence-electron chi connectivity index (χ4n) is 2.42. The third kappa shape index (κ3) is 3.76. The molecule has 1 aliphatic rings. The molecule has 2 rings (SSSR count). The number of amides is 1. The fraction of sp³-hybridized carbons (Fsp3) is 0.500. The van der Waals surface area contributed by atoms with Crippen molar-refractivity contribution in [3.8, 4) is 0 Å². The Bertz CT molecular complexity index is 461. The van der Waals surface area contributed by atoms with Crippen molar-refractivity contribution in [3.63, 3.8) is 0 Å². The van der Waals surface area contributed by atoms with Crippen molar-refractivity contribution in [2.45, 2.75) is 12.8 Å². The Morgan fingerprint density at radius 2 is 2.37 bits per heavy atom. The molecule has 0 radical (unpaired) electrons. The maximum atomic E-state index is 13.7. The first-order valence-electron chi connectivity index (χ1n) is 6.49. The fourth-order valence-corrected chi connectivity index (χ4v) is 2.75. The lowest BCUT2D eigenvalue weighted by Crippen LogP contribution is -2.39. The summed E-state index contributed by atoms with van der Waals surface area (Å²) in [6.45, 7) is 2.65. The normalized spacial score (nSPS) is 19.2. The number of nitrogens with one attached hydrogen (secondary N) is 1. The molecule has 19 heavy (non-hydrogen) atoms. The topological polar surface area (TPSA) is 32.3 Å². The highest BCUT2D eigenvalue weighted by Crippen LogP contribution is 2.18. The molecule has 1 heterocycles. The molecule has 0 spiro atoms. The van der Waals surface area contributed by atoms with Gasteiger partial charge in [0.25, 0.3) is 5.91 Å². The second-order valence-electron chi connectivity index (χ2n) is 5.02. The molecule has 5 heteroatoms. The SMILES string of the molecule is CN(CC1CCCNC1)C(=O)c1ccc(Br)cc1F. The molecular formula is C14H18BrFN2O. The standard InChI is InChI=1S/C14H18BrFN2O/c1-18(9-10-3-2-6-17-8-10)14(19)12-5-4-11(15)7-13(12)16/h4-5,7,10,17H,2-3,6,8-9H2,1H3. The highest BCUT2D eigenvalue weighted by atomic mass is 79.9. The van der Waals surface area contributed by atoms with Crippen LogP contribution in [0.4, 0.5) is 4.39 Å². The predicted molar refractivity (Wildman–Crippen MR) is 76.7 cm³/mol. The van der Waals surface area contributed by atoms with Crippen LogP contribution >= 0.6 is 15.9 Å². The molecule has 1 N–H and O–H groups in total. The maximum Gasteiger partial charge on any atom is 0.256 e. The summed E-state index contributed by atoms with van der Waals surface area (Å²) in [6, 6.07) is 4.53. The minimum Gasteiger partial charge on any atom is -0.341 e. The Hall–Kier alpha value is -0.940. The Kier molecular flexibility index (Phi) is 4.93. The van der Waals surface area contributed by atoms with Crippen LogP contribution in [0.1, 0.15) is 23.2 Å². The summed E-state index contributed by atoms with van der Waals surface area (Å²) in [6.07, 6.45) is 2.26. The molecule has 0 saturated carbocycles. The van der Waals surface area contributed by atoms with Gasteiger partial charge in [-0.05, 0) is 50.0 Å². The zero-order valence-electron chi connectivity index (χ0n) is 11.0. The van der Waals surface area contributed by atoms with Crippen molar-refractivity contribution in [2.24, 2.45) is 5.92 Å². The minimum absolute atomic E-state index is 0.134. The van der Waals surface area contributed by atoms with Crippen LogP contribution in [0.5, 0.6) is 0 Å². The summed E-state index contributed by atoms with van der Waals surface area (Å²) >= 11 is 3.19. The summed E-state index contributed by atoms with van der Waals surface area (Å²) in [7, 11) is 1.73. The third-order valence-corrected chi connectivity index (χ3v) is 3.93. The van der Waals surface area contributed by atoms with E-state index in [2.05, 4.69) is 21.2 Å². The van der Waals surface area contributed by atoms with E-state index in [0.717, 1.165) is 25.9 Å². The smallest absolute Gasteiger partial charge is 0.256 e. The van der Waals surface area contributed by atoms with Crippen molar-refractivity contribution in [1.29, 1.82) is 0 Å². The van der Waals surface area contributed by atoms with Crippen molar-refractivity contribution >= 4 is 21.8 Å². The Morgan fingerprint density at radius 1 is 1.58 bits per heavy atom. The minimum atomic E-state index is -0.479. The summed E-state index contributed by atoms with van der Waals surface area (Å²) in [5, 5.41) is 3.32. The molecule has 1 unspecified atom stereocenters. The lowest BCUT2D eigenvalue weighted by Gasteiger charge is -2.27. The molecule has 1 fully saturated rings. The lowest BCUT2D eigenvalue weighted by molar-refractivity contribution is 0.0760. The van der Waals surface area contributed by atoms with Gasteiger partial charge in [-0.25, -0.2) is 4.39 Å². The van der Waals surface area contributed by atoms with E-state index >= 15 is 0 Å². The molecule has 0 aliphatic carbocycles. The largest absolute Gasteiger partial charge is 0.341 e. The number of carbonyl (C=O) groups excluding carboxylic acids is 1. The van der Waals surface area contributed by atoms with E-state index in [-0.39, 0.29) is 11.5 Å². The van der Waals surface area contributed by atoms with Crippen molar-refractivity contribution in [3.05, 3.63) is 34.1 Å². The summed E-state index contributed by atoms with van der Waals surface area (Å²) < 4.78 is 14.4. The highest BCUT2D eigenvalue weighted by Gasteiger charge is 2.21. The third-order valence-electron chi connectivity index (χ3n) is 3.44. The van der Waals surface area contributed by atoms with Crippen LogP contribution in [0.15, 0.2) is 22.7 Å². The zero-order chi connectivity index (χ0) is 13.8. The predicted octanol–water partition coefficient (Wildman–Crippen LogP) is 2.66. The van der Waals surface area contributed by atoms with Gasteiger partial charge in [-0.3, -0.25) is 4.79 Å². The van der Waals surface area contributed by atoms with Crippen LogP contribution in [-0.2, 0) is 0 Å². The van der Waals surface area contributed by atoms with Gasteiger partial charge in [0.05, 0.1) is 5.56 Å². The van der Waals surface area contributed by atoms with E-state index in [0.29, 0.717) is 16.9 Å². The molecule has 1 aliphatic heterocycles. The van der Waals surface area contributed by atoms with Crippen LogP contribution in [0.25, 0.3) is 0 Å². The van der Waals surface area contributed by atoms with Gasteiger partial charge in [0.1, 0.15) is 5.82 Å². The quantitative estimate of drug-likeness (QED) is 0.925. The van der Waals surface area contributed by atoms with Gasteiger partial charge in [-0.2, -0.15) is 0 Å². The zero-order valence-corrected chi connectivity index (χ0v) is 12.5. The first-order valence-corrected chi connectivity index (χ1v) is 7.28. The van der Waals surface area contributed by atoms with Gasteiger partial charge >= 0.3 is 0 Å². The summed E-state index contributed by atoms with van der Waals surface area (Å²) in [5.74, 6) is -0.273. The van der Waals surface area contributed by atoms with Gasteiger partial charge in [0.2, 0.25) is 0 Å². The molecule has 1 atom stereocenters. The number of hydrogen-bond donors (Lipinski definition) is 1. The Morgan fingerprint density at radius 3 is 3.00 bits per heavy atom. The molecule has 1 aromatic carbocycles. The van der Waals surface area contributed by atoms with E-state index < -0.39 is 5.82 Å². The maximum absolute atomic E-state index is 13.7. The number of nitrogens with zero attached hydrogens (tertiary/aromatic N) is 1. The van der Waals surface area contributed by atoms with Crippen LogP contribution in [0.3, 0.4) is 0 Å². The molecule has 3 nitrogen and oxygen atoms in total. The first-order chi connectivity index (χ1) is 9.08. The van der Waals surface area contributed by atoms with Gasteiger partial charge in [0.15, 0.2) is 0 Å². The second kappa shape index (κ2) is 6.48. The van der Waals surface area contributed by atoms with E-state index in [1.54, 1.807) is 18.0 Å². The van der Waals surface area contributed by atoms with Gasteiger partial charge in [-0.1, -0.05) is 15.9 Å². The Labute approximate surface area is 121 Å². The highest BCUT2D eigenvalue weighted by molar-refractivity contribution is 9.10. The second-order valence-corrected chi connectivity index (χ2v) is 5.94. The van der Waals surface area contributed by atoms with Gasteiger partial charge in [-0.15, -0.1) is 0 Å². The number of piperidine rings is 1. The lowest BCUT2D eigenvalue weighted by atomic mass is 9.99. The summed E-state index contributed by atoms with van der Waals surface area (Å²) in [5.41, 5.74) is 0.134. The average molecular weight is 329 g/mol. The van der Waals surface area contributed by atoms with E-state index in [9.17, 15) is 9.18 Å². The van der Waals surface area contributed by atoms with Gasteiger partial charge in [0, 0.05) is 18.1 Å². The van der Waals surface area contributed by atoms with E-state index in [1.807, 2.05) is 0 Å². The van der Waals surface area contributed by atoms with Crippen LogP contribution in [-0.4, -0.2) is 37.5 Å². The number of halogens is 2. The van der Waals surface area contributed by atoms with Crippen LogP contribution in [0.2, 0.25) is 0 Å². The van der Waals surface area contributed by atoms with Crippen molar-refractivity contribution in [2.75, 3.05) is 26.7 Å². The van der Waals surface area contributed by atoms with E-state index in [1.165, 1.54) is 12.1 Å². The number of hydrogen-bond acceptors (Lipinski definition) is 2. The molecule has 104 valence electrons. The number of carbonyl (C=O) groups is 1. The summed E-state index contributed by atoms with van der Waals surface area (Å²) in [4.78, 5) is 13.8. The van der Waals surface area contributed by atoms with Gasteiger partial charge < -0.3 is 10.2 Å². The van der Waals surface area contributed by atoms with Crippen molar-refractivity contribution in [1.82, 2.24) is 10.2 Å². The molecule has 1 saturated heterocycles. The van der Waals surface area contributed by atoms with Crippen LogP contribution in [0, 0.1) is 11.7 Å². The monoisotopic (exact) mass is 328 g/mol. The first kappa shape index (κ1) is 14.5. The van der Waals surface area contributed by atoms with Crippen molar-refractivity contribution < 1.29 is 9.18 Å². The molecular weight excluding hydrogens is 311 g/mol. The Balaban J connectivity index is 2.01. The molecule has 0 aromatic heterocycles. The van der Waals surface area contributed by atoms with Crippen LogP contribution < -0.4 is 5.32 Å². The molecule has 1 amide bonds. The number of benzene rings is 1. The molecule has 1 aromatic rings.